The van der Waals surface area contributed by atoms with Gasteiger partial charge in [0.15, 0.2) is 5.78 Å². The van der Waals surface area contributed by atoms with Crippen LogP contribution in [0, 0.1) is 0 Å². The SMILES string of the molecule is CC(=O)Nc1cccc(C(=O)c2ccc3c(c2)NC(=O)/C3=C/Nc2ccc(N3CCN(C)CC3)cc2)c1. The van der Waals surface area contributed by atoms with E-state index in [-0.39, 0.29) is 17.6 Å². The maximum Gasteiger partial charge on any atom is 0.257 e. The summed E-state index contributed by atoms with van der Waals surface area (Å²) in [5.41, 5.74) is 5.36. The van der Waals surface area contributed by atoms with Crippen LogP contribution in [0.2, 0.25) is 0 Å². The van der Waals surface area contributed by atoms with Crippen molar-refractivity contribution in [1.82, 2.24) is 4.90 Å². The van der Waals surface area contributed by atoms with Crippen LogP contribution in [0.15, 0.2) is 72.9 Å². The Morgan fingerprint density at radius 3 is 2.35 bits per heavy atom. The summed E-state index contributed by atoms with van der Waals surface area (Å²) in [6, 6.07) is 20.2. The van der Waals surface area contributed by atoms with Gasteiger partial charge in [-0.2, -0.15) is 0 Å². The molecule has 2 amide bonds. The van der Waals surface area contributed by atoms with Gasteiger partial charge in [0.05, 0.1) is 5.57 Å². The topological polar surface area (TPSA) is 93.8 Å². The molecule has 3 N–H and O–H groups in total. The van der Waals surface area contributed by atoms with Crippen LogP contribution in [0.5, 0.6) is 0 Å². The smallest absolute Gasteiger partial charge is 0.257 e. The molecule has 8 heteroatoms. The first kappa shape index (κ1) is 24.3. The third kappa shape index (κ3) is 5.39. The molecule has 0 spiro atoms. The Morgan fingerprint density at radius 1 is 0.892 bits per heavy atom. The number of amides is 2. The zero-order valence-corrected chi connectivity index (χ0v) is 20.9. The number of likely N-dealkylation sites (N-methyl/N-ethyl adjacent to an activating group) is 1. The second kappa shape index (κ2) is 10.3. The molecule has 0 radical (unpaired) electrons. The fourth-order valence-electron chi connectivity index (χ4n) is 4.58. The predicted octanol–water partition coefficient (Wildman–Crippen LogP) is 4.03. The Morgan fingerprint density at radius 2 is 1.62 bits per heavy atom. The van der Waals surface area contributed by atoms with Gasteiger partial charge in [-0.15, -0.1) is 0 Å². The molecule has 2 aliphatic rings. The summed E-state index contributed by atoms with van der Waals surface area (Å²) < 4.78 is 0. The highest BCUT2D eigenvalue weighted by molar-refractivity contribution is 6.32. The summed E-state index contributed by atoms with van der Waals surface area (Å²) in [6.07, 6.45) is 1.70. The lowest BCUT2D eigenvalue weighted by Gasteiger charge is -2.34. The minimum Gasteiger partial charge on any atom is -0.369 e. The molecular formula is C29H29N5O3. The van der Waals surface area contributed by atoms with E-state index in [1.165, 1.54) is 12.6 Å². The first-order chi connectivity index (χ1) is 17.9. The van der Waals surface area contributed by atoms with Crippen molar-refractivity contribution in [3.8, 4) is 0 Å². The Balaban J connectivity index is 1.29. The third-order valence-corrected chi connectivity index (χ3v) is 6.63. The molecule has 188 valence electrons. The molecule has 8 nitrogen and oxygen atoms in total. The molecule has 0 aromatic heterocycles. The van der Waals surface area contributed by atoms with Crippen molar-refractivity contribution in [3.63, 3.8) is 0 Å². The van der Waals surface area contributed by atoms with E-state index in [2.05, 4.69) is 44.9 Å². The third-order valence-electron chi connectivity index (χ3n) is 6.63. The molecule has 3 aromatic rings. The maximum absolute atomic E-state index is 13.1. The lowest BCUT2D eigenvalue weighted by Crippen LogP contribution is -2.44. The summed E-state index contributed by atoms with van der Waals surface area (Å²) in [4.78, 5) is 41.8. The fourth-order valence-corrected chi connectivity index (χ4v) is 4.58. The van der Waals surface area contributed by atoms with Crippen LogP contribution in [-0.2, 0) is 9.59 Å². The largest absolute Gasteiger partial charge is 0.369 e. The Kier molecular flexibility index (Phi) is 6.74. The summed E-state index contributed by atoms with van der Waals surface area (Å²) in [5.74, 6) is -0.627. The molecular weight excluding hydrogens is 466 g/mol. The number of ketones is 1. The molecule has 0 bridgehead atoms. The molecule has 0 unspecified atom stereocenters. The van der Waals surface area contributed by atoms with Crippen molar-refractivity contribution >= 4 is 45.9 Å². The van der Waals surface area contributed by atoms with E-state index in [4.69, 9.17) is 0 Å². The van der Waals surface area contributed by atoms with Gasteiger partial charge in [-0.25, -0.2) is 0 Å². The van der Waals surface area contributed by atoms with Gasteiger partial charge < -0.3 is 25.8 Å². The van der Waals surface area contributed by atoms with Crippen LogP contribution in [-0.4, -0.2) is 55.7 Å². The van der Waals surface area contributed by atoms with E-state index in [1.54, 1.807) is 48.7 Å². The van der Waals surface area contributed by atoms with Crippen molar-refractivity contribution in [2.45, 2.75) is 6.92 Å². The monoisotopic (exact) mass is 495 g/mol. The number of carbonyl (C=O) groups is 3. The quantitative estimate of drug-likeness (QED) is 0.353. The van der Waals surface area contributed by atoms with E-state index in [1.807, 2.05) is 12.1 Å². The van der Waals surface area contributed by atoms with Crippen LogP contribution < -0.4 is 20.9 Å². The molecule has 2 aliphatic heterocycles. The minimum atomic E-state index is -0.228. The predicted molar refractivity (Wildman–Crippen MR) is 147 cm³/mol. The average molecular weight is 496 g/mol. The van der Waals surface area contributed by atoms with Crippen molar-refractivity contribution in [3.05, 3.63) is 89.6 Å². The highest BCUT2D eigenvalue weighted by atomic mass is 16.2. The number of anilines is 4. The fraction of sp³-hybridized carbons (Fsp3) is 0.207. The zero-order chi connectivity index (χ0) is 25.9. The summed E-state index contributed by atoms with van der Waals surface area (Å²) in [5, 5.41) is 8.77. The number of hydrogen-bond acceptors (Lipinski definition) is 6. The van der Waals surface area contributed by atoms with Gasteiger partial charge in [0.25, 0.3) is 5.91 Å². The van der Waals surface area contributed by atoms with E-state index in [0.717, 1.165) is 37.4 Å². The first-order valence-electron chi connectivity index (χ1n) is 12.3. The van der Waals surface area contributed by atoms with Crippen molar-refractivity contribution in [2.24, 2.45) is 0 Å². The van der Waals surface area contributed by atoms with E-state index in [0.29, 0.717) is 28.1 Å². The summed E-state index contributed by atoms with van der Waals surface area (Å²) in [6.45, 7) is 5.54. The molecule has 2 heterocycles. The van der Waals surface area contributed by atoms with Crippen molar-refractivity contribution in [1.29, 1.82) is 0 Å². The highest BCUT2D eigenvalue weighted by Gasteiger charge is 2.25. The molecule has 0 atom stereocenters. The van der Waals surface area contributed by atoms with Gasteiger partial charge in [-0.3, -0.25) is 14.4 Å². The lowest BCUT2D eigenvalue weighted by atomic mass is 9.99. The summed E-state index contributed by atoms with van der Waals surface area (Å²) in [7, 11) is 2.14. The zero-order valence-electron chi connectivity index (χ0n) is 20.9. The lowest BCUT2D eigenvalue weighted by molar-refractivity contribution is -0.114. The number of benzene rings is 3. The van der Waals surface area contributed by atoms with Gasteiger partial charge in [-0.05, 0) is 49.5 Å². The molecule has 3 aromatic carbocycles. The van der Waals surface area contributed by atoms with Crippen LogP contribution in [0.1, 0.15) is 28.4 Å². The van der Waals surface area contributed by atoms with Gasteiger partial charge in [-0.1, -0.05) is 24.3 Å². The van der Waals surface area contributed by atoms with Gasteiger partial charge in [0, 0.05) is 78.7 Å². The van der Waals surface area contributed by atoms with Crippen LogP contribution in [0.25, 0.3) is 5.57 Å². The molecule has 1 fully saturated rings. The van der Waals surface area contributed by atoms with E-state index >= 15 is 0 Å². The molecule has 5 rings (SSSR count). The van der Waals surface area contributed by atoms with E-state index in [9.17, 15) is 14.4 Å². The molecule has 0 saturated carbocycles. The molecule has 37 heavy (non-hydrogen) atoms. The number of carbonyl (C=O) groups excluding carboxylic acids is 3. The molecule has 1 saturated heterocycles. The number of piperazine rings is 1. The first-order valence-corrected chi connectivity index (χ1v) is 12.3. The summed E-state index contributed by atoms with van der Waals surface area (Å²) >= 11 is 0. The highest BCUT2D eigenvalue weighted by Crippen LogP contribution is 2.33. The Labute approximate surface area is 216 Å². The second-order valence-electron chi connectivity index (χ2n) is 9.35. The van der Waals surface area contributed by atoms with Crippen molar-refractivity contribution < 1.29 is 14.4 Å². The number of fused-ring (bicyclic) bond motifs is 1. The number of nitrogens with one attached hydrogen (secondary N) is 3. The average Bonchev–Trinajstić information content (AvgIpc) is 3.21. The normalized spacial score (nSPS) is 16.3. The van der Waals surface area contributed by atoms with Crippen molar-refractivity contribution in [2.75, 3.05) is 54.1 Å². The van der Waals surface area contributed by atoms with Crippen LogP contribution in [0.4, 0.5) is 22.7 Å². The molecule has 0 aliphatic carbocycles. The van der Waals surface area contributed by atoms with E-state index < -0.39 is 0 Å². The Hall–Kier alpha value is -4.43. The number of hydrogen-bond donors (Lipinski definition) is 3. The Bertz CT molecular complexity index is 1390. The van der Waals surface area contributed by atoms with Crippen LogP contribution >= 0.6 is 0 Å². The van der Waals surface area contributed by atoms with Gasteiger partial charge in [0.2, 0.25) is 5.91 Å². The van der Waals surface area contributed by atoms with Gasteiger partial charge >= 0.3 is 0 Å². The van der Waals surface area contributed by atoms with Crippen LogP contribution in [0.3, 0.4) is 0 Å². The standard InChI is InChI=1S/C29H29N5O3/c1-19(35)31-23-5-3-4-20(16-23)28(36)21-6-11-25-26(29(37)32-27(25)17-21)18-30-22-7-9-24(10-8-22)34-14-12-33(2)13-15-34/h3-11,16-18,30H,12-15H2,1-2H3,(H,31,35)(H,32,37)/b26-18+. The minimum absolute atomic E-state index is 0.194. The number of rotatable bonds is 6. The maximum atomic E-state index is 13.1. The number of nitrogens with zero attached hydrogens (tertiary/aromatic N) is 2. The second-order valence-corrected chi connectivity index (χ2v) is 9.35. The van der Waals surface area contributed by atoms with Gasteiger partial charge in [0.1, 0.15) is 0 Å².